The van der Waals surface area contributed by atoms with Gasteiger partial charge in [-0.1, -0.05) is 19.1 Å². The van der Waals surface area contributed by atoms with Gasteiger partial charge < -0.3 is 15.0 Å². The van der Waals surface area contributed by atoms with Crippen molar-refractivity contribution >= 4 is 17.3 Å². The van der Waals surface area contributed by atoms with E-state index < -0.39 is 0 Å². The third-order valence-corrected chi connectivity index (χ3v) is 4.73. The minimum absolute atomic E-state index is 0.0720. The maximum atomic E-state index is 12.9. The first-order valence-corrected chi connectivity index (χ1v) is 8.89. The molecular formula is C20H25N3O2. The van der Waals surface area contributed by atoms with Crippen molar-refractivity contribution in [1.82, 2.24) is 9.88 Å². The number of ether oxygens (including phenoxy) is 1. The molecule has 5 nitrogen and oxygen atoms in total. The molecule has 1 saturated heterocycles. The van der Waals surface area contributed by atoms with E-state index >= 15 is 0 Å². The summed E-state index contributed by atoms with van der Waals surface area (Å²) in [6.45, 7) is 2.98. The number of rotatable bonds is 5. The third kappa shape index (κ3) is 3.92. The van der Waals surface area contributed by atoms with Crippen LogP contribution in [-0.2, 0) is 0 Å². The van der Waals surface area contributed by atoms with Gasteiger partial charge in [-0.15, -0.1) is 0 Å². The molecule has 0 aliphatic carbocycles. The van der Waals surface area contributed by atoms with Crippen LogP contribution in [0, 0.1) is 0 Å². The predicted octanol–water partition coefficient (Wildman–Crippen LogP) is 4.24. The van der Waals surface area contributed by atoms with Crippen molar-refractivity contribution in [2.75, 3.05) is 19.0 Å². The van der Waals surface area contributed by atoms with Crippen LogP contribution >= 0.6 is 0 Å². The quantitative estimate of drug-likeness (QED) is 0.885. The Morgan fingerprint density at radius 3 is 2.96 bits per heavy atom. The largest absolute Gasteiger partial charge is 0.495 e. The van der Waals surface area contributed by atoms with Crippen molar-refractivity contribution in [1.29, 1.82) is 0 Å². The molecule has 1 atom stereocenters. The van der Waals surface area contributed by atoms with E-state index in [4.69, 9.17) is 4.74 Å². The summed E-state index contributed by atoms with van der Waals surface area (Å²) in [5.41, 5.74) is 2.25. The van der Waals surface area contributed by atoms with Crippen molar-refractivity contribution in [3.8, 4) is 5.75 Å². The smallest absolute Gasteiger partial charge is 0.255 e. The second-order valence-corrected chi connectivity index (χ2v) is 6.34. The van der Waals surface area contributed by atoms with E-state index in [1.807, 2.05) is 35.2 Å². The summed E-state index contributed by atoms with van der Waals surface area (Å²) in [5.74, 6) is 0.823. The summed E-state index contributed by atoms with van der Waals surface area (Å²) in [4.78, 5) is 19.2. The van der Waals surface area contributed by atoms with E-state index in [0.29, 0.717) is 11.6 Å². The van der Waals surface area contributed by atoms with Crippen LogP contribution in [-0.4, -0.2) is 35.5 Å². The molecule has 1 unspecified atom stereocenters. The molecular weight excluding hydrogens is 314 g/mol. The average Bonchev–Trinajstić information content (AvgIpc) is 2.68. The fraction of sp³-hybridized carbons (Fsp3) is 0.400. The Bertz CT molecular complexity index is 732. The average molecular weight is 339 g/mol. The van der Waals surface area contributed by atoms with Crippen LogP contribution in [0.25, 0.3) is 0 Å². The lowest BCUT2D eigenvalue weighted by Gasteiger charge is -2.35. The summed E-state index contributed by atoms with van der Waals surface area (Å²) >= 11 is 0. The van der Waals surface area contributed by atoms with Crippen molar-refractivity contribution in [3.63, 3.8) is 0 Å². The molecule has 132 valence electrons. The summed E-state index contributed by atoms with van der Waals surface area (Å²) in [7, 11) is 1.64. The van der Waals surface area contributed by atoms with Crippen LogP contribution in [0.2, 0.25) is 0 Å². The van der Waals surface area contributed by atoms with Crippen LogP contribution in [0.5, 0.6) is 5.75 Å². The number of nitrogens with one attached hydrogen (secondary N) is 1. The highest BCUT2D eigenvalue weighted by atomic mass is 16.5. The molecule has 1 aliphatic heterocycles. The van der Waals surface area contributed by atoms with E-state index in [9.17, 15) is 4.79 Å². The number of para-hydroxylation sites is 2. The third-order valence-electron chi connectivity index (χ3n) is 4.73. The van der Waals surface area contributed by atoms with Gasteiger partial charge in [-0.2, -0.15) is 0 Å². The molecule has 1 amide bonds. The number of likely N-dealkylation sites (tertiary alicyclic amines) is 1. The number of carbonyl (C=O) groups is 1. The molecule has 1 aromatic heterocycles. The van der Waals surface area contributed by atoms with E-state index in [0.717, 1.165) is 42.9 Å². The van der Waals surface area contributed by atoms with Gasteiger partial charge in [0.25, 0.3) is 5.91 Å². The number of carbonyl (C=O) groups excluding carboxylic acids is 1. The molecule has 0 bridgehead atoms. The summed E-state index contributed by atoms with van der Waals surface area (Å²) < 4.78 is 5.36. The molecule has 2 heterocycles. The molecule has 2 aromatic rings. The lowest BCUT2D eigenvalue weighted by molar-refractivity contribution is 0.0607. The highest BCUT2D eigenvalue weighted by Crippen LogP contribution is 2.27. The second-order valence-electron chi connectivity index (χ2n) is 6.34. The normalized spacial score (nSPS) is 17.2. The summed E-state index contributed by atoms with van der Waals surface area (Å²) in [6, 6.07) is 9.89. The highest BCUT2D eigenvalue weighted by molar-refractivity contribution is 5.95. The van der Waals surface area contributed by atoms with Crippen molar-refractivity contribution in [2.24, 2.45) is 0 Å². The molecule has 1 aliphatic rings. The van der Waals surface area contributed by atoms with Gasteiger partial charge >= 0.3 is 0 Å². The van der Waals surface area contributed by atoms with Crippen LogP contribution in [0.1, 0.15) is 43.0 Å². The first kappa shape index (κ1) is 17.3. The lowest BCUT2D eigenvalue weighted by atomic mass is 9.99. The molecule has 5 heteroatoms. The minimum Gasteiger partial charge on any atom is -0.495 e. The number of nitrogens with zero attached hydrogens (tertiary/aromatic N) is 2. The first-order chi connectivity index (χ1) is 12.2. The first-order valence-electron chi connectivity index (χ1n) is 8.89. The van der Waals surface area contributed by atoms with Gasteiger partial charge in [-0.3, -0.25) is 9.78 Å². The maximum absolute atomic E-state index is 12.9. The topological polar surface area (TPSA) is 54.5 Å². The number of anilines is 2. The fourth-order valence-corrected chi connectivity index (χ4v) is 3.39. The number of amides is 1. The zero-order chi connectivity index (χ0) is 17.6. The Hall–Kier alpha value is -2.56. The van der Waals surface area contributed by atoms with Gasteiger partial charge in [0, 0.05) is 18.8 Å². The molecule has 1 aromatic carbocycles. The number of hydrogen-bond donors (Lipinski definition) is 1. The van der Waals surface area contributed by atoms with Gasteiger partial charge in [0.15, 0.2) is 0 Å². The monoisotopic (exact) mass is 339 g/mol. The number of piperidine rings is 1. The van der Waals surface area contributed by atoms with Crippen molar-refractivity contribution < 1.29 is 9.53 Å². The van der Waals surface area contributed by atoms with Crippen LogP contribution in [0.4, 0.5) is 11.4 Å². The number of pyridine rings is 1. The van der Waals surface area contributed by atoms with E-state index in [1.54, 1.807) is 19.5 Å². The van der Waals surface area contributed by atoms with Crippen LogP contribution < -0.4 is 10.1 Å². The van der Waals surface area contributed by atoms with Gasteiger partial charge in [-0.25, -0.2) is 0 Å². The van der Waals surface area contributed by atoms with E-state index in [2.05, 4.69) is 17.2 Å². The Morgan fingerprint density at radius 1 is 1.32 bits per heavy atom. The Labute approximate surface area is 149 Å². The zero-order valence-corrected chi connectivity index (χ0v) is 14.9. The number of benzene rings is 1. The predicted molar refractivity (Wildman–Crippen MR) is 99.5 cm³/mol. The molecule has 3 rings (SSSR count). The van der Waals surface area contributed by atoms with Crippen molar-refractivity contribution in [2.45, 2.75) is 38.6 Å². The lowest BCUT2D eigenvalue weighted by Crippen LogP contribution is -2.43. The second kappa shape index (κ2) is 8.01. The molecule has 0 spiro atoms. The minimum atomic E-state index is 0.0720. The number of hydrogen-bond acceptors (Lipinski definition) is 4. The standard InChI is InChI=1S/C20H25N3O2/c1-3-17-8-6-7-11-23(17)20(24)15-12-16(14-21-13-15)22-18-9-4-5-10-19(18)25-2/h4-5,9-10,12-14,17,22H,3,6-8,11H2,1-2H3. The number of aromatic nitrogens is 1. The van der Waals surface area contributed by atoms with E-state index in [-0.39, 0.29) is 5.91 Å². The molecule has 1 fully saturated rings. The summed E-state index contributed by atoms with van der Waals surface area (Å²) in [5, 5.41) is 3.29. The van der Waals surface area contributed by atoms with E-state index in [1.165, 1.54) is 6.42 Å². The van der Waals surface area contributed by atoms with Gasteiger partial charge in [0.05, 0.1) is 30.2 Å². The number of methoxy groups -OCH3 is 1. The Kier molecular flexibility index (Phi) is 5.53. The van der Waals surface area contributed by atoms with Gasteiger partial charge in [0.2, 0.25) is 0 Å². The van der Waals surface area contributed by atoms with Gasteiger partial charge in [0.1, 0.15) is 5.75 Å². The van der Waals surface area contributed by atoms with Gasteiger partial charge in [-0.05, 0) is 43.9 Å². The van der Waals surface area contributed by atoms with Crippen LogP contribution in [0.3, 0.4) is 0 Å². The Morgan fingerprint density at radius 2 is 2.16 bits per heavy atom. The molecule has 0 saturated carbocycles. The van der Waals surface area contributed by atoms with Crippen molar-refractivity contribution in [3.05, 3.63) is 48.3 Å². The maximum Gasteiger partial charge on any atom is 0.255 e. The SMILES string of the molecule is CCC1CCCCN1C(=O)c1cncc(Nc2ccccc2OC)c1. The Balaban J connectivity index is 1.80. The summed E-state index contributed by atoms with van der Waals surface area (Å²) in [6.07, 6.45) is 7.74. The highest BCUT2D eigenvalue weighted by Gasteiger charge is 2.26. The van der Waals surface area contributed by atoms with Crippen LogP contribution in [0.15, 0.2) is 42.7 Å². The molecule has 1 N–H and O–H groups in total. The fourth-order valence-electron chi connectivity index (χ4n) is 3.39. The molecule has 25 heavy (non-hydrogen) atoms. The molecule has 0 radical (unpaired) electrons. The zero-order valence-electron chi connectivity index (χ0n) is 14.9.